The number of carbonyl (C=O) groups is 1. The van der Waals surface area contributed by atoms with Crippen molar-refractivity contribution < 1.29 is 19.4 Å². The number of hydrogen-bond acceptors (Lipinski definition) is 5. The van der Waals surface area contributed by atoms with E-state index < -0.39 is 0 Å². The van der Waals surface area contributed by atoms with Gasteiger partial charge in [0.25, 0.3) is 5.91 Å². The Kier molecular flexibility index (Phi) is 6.38. The minimum absolute atomic E-state index is 0.163. The van der Waals surface area contributed by atoms with Crippen LogP contribution in [0.3, 0.4) is 0 Å². The van der Waals surface area contributed by atoms with Gasteiger partial charge in [-0.2, -0.15) is 5.26 Å². The van der Waals surface area contributed by atoms with Crippen molar-refractivity contribution in [2.24, 2.45) is 0 Å². The highest BCUT2D eigenvalue weighted by Gasteiger charge is 2.18. The molecule has 130 valence electrons. The van der Waals surface area contributed by atoms with Crippen LogP contribution < -0.4 is 9.47 Å². The van der Waals surface area contributed by atoms with E-state index >= 15 is 0 Å². The van der Waals surface area contributed by atoms with Gasteiger partial charge in [0.1, 0.15) is 11.5 Å². The summed E-state index contributed by atoms with van der Waals surface area (Å²) in [5.74, 6) is 1.01. The molecular weight excluding hydrogens is 320 g/mol. The number of ether oxygens (including phenoxy) is 2. The van der Waals surface area contributed by atoms with Crippen molar-refractivity contribution in [3.8, 4) is 17.6 Å². The number of methoxy groups -OCH3 is 2. The van der Waals surface area contributed by atoms with Crippen molar-refractivity contribution in [3.05, 3.63) is 59.2 Å². The molecule has 1 N–H and O–H groups in total. The van der Waals surface area contributed by atoms with Gasteiger partial charge in [0.15, 0.2) is 0 Å². The zero-order valence-electron chi connectivity index (χ0n) is 14.2. The van der Waals surface area contributed by atoms with Crippen LogP contribution in [0, 0.1) is 11.3 Å². The van der Waals surface area contributed by atoms with E-state index in [2.05, 4.69) is 0 Å². The largest absolute Gasteiger partial charge is 0.497 e. The highest BCUT2D eigenvalue weighted by Crippen LogP contribution is 2.25. The topological polar surface area (TPSA) is 82.8 Å². The van der Waals surface area contributed by atoms with Crippen LogP contribution in [-0.2, 0) is 6.54 Å². The van der Waals surface area contributed by atoms with Crippen molar-refractivity contribution in [3.63, 3.8) is 0 Å². The first-order valence-electron chi connectivity index (χ1n) is 7.74. The predicted molar refractivity (Wildman–Crippen MR) is 92.5 cm³/mol. The zero-order valence-corrected chi connectivity index (χ0v) is 14.2. The maximum atomic E-state index is 12.8. The van der Waals surface area contributed by atoms with E-state index in [1.165, 1.54) is 11.0 Å². The first-order chi connectivity index (χ1) is 12.1. The predicted octanol–water partition coefficient (Wildman–Crippen LogP) is 2.21. The van der Waals surface area contributed by atoms with Gasteiger partial charge in [-0.15, -0.1) is 0 Å². The highest BCUT2D eigenvalue weighted by atomic mass is 16.5. The molecule has 2 aromatic rings. The number of rotatable bonds is 7. The normalized spacial score (nSPS) is 10.0. The molecule has 0 aliphatic rings. The lowest BCUT2D eigenvalue weighted by Crippen LogP contribution is -2.33. The van der Waals surface area contributed by atoms with Crippen LogP contribution in [0.15, 0.2) is 42.5 Å². The third-order valence-corrected chi connectivity index (χ3v) is 3.74. The first-order valence-corrected chi connectivity index (χ1v) is 7.74. The molecule has 0 aliphatic heterocycles. The van der Waals surface area contributed by atoms with Gasteiger partial charge in [-0.25, -0.2) is 0 Å². The van der Waals surface area contributed by atoms with Crippen LogP contribution in [-0.4, -0.2) is 43.3 Å². The van der Waals surface area contributed by atoms with Gasteiger partial charge in [0.05, 0.1) is 32.5 Å². The standard InChI is InChI=1S/C19H20N2O4/c1-24-17-6-7-18(25-2)16(11-17)13-21(8-9-22)19(23)15-5-3-4-14(10-15)12-20/h3-7,10-11,22H,8-9,13H2,1-2H3. The molecule has 0 aliphatic carbocycles. The van der Waals surface area contributed by atoms with Gasteiger partial charge in [0, 0.05) is 24.2 Å². The summed E-state index contributed by atoms with van der Waals surface area (Å²) in [7, 11) is 3.12. The van der Waals surface area contributed by atoms with E-state index in [9.17, 15) is 9.90 Å². The van der Waals surface area contributed by atoms with Crippen molar-refractivity contribution in [2.75, 3.05) is 27.4 Å². The fourth-order valence-electron chi connectivity index (χ4n) is 2.49. The van der Waals surface area contributed by atoms with Gasteiger partial charge in [0.2, 0.25) is 0 Å². The third-order valence-electron chi connectivity index (χ3n) is 3.74. The van der Waals surface area contributed by atoms with Crippen molar-refractivity contribution in [1.29, 1.82) is 5.26 Å². The van der Waals surface area contributed by atoms with Crippen LogP contribution in [0.5, 0.6) is 11.5 Å². The third kappa shape index (κ3) is 4.49. The van der Waals surface area contributed by atoms with Gasteiger partial charge < -0.3 is 19.5 Å². The lowest BCUT2D eigenvalue weighted by atomic mass is 10.1. The minimum Gasteiger partial charge on any atom is -0.497 e. The molecule has 2 rings (SSSR count). The second kappa shape index (κ2) is 8.71. The molecule has 0 bridgehead atoms. The van der Waals surface area contributed by atoms with E-state index in [4.69, 9.17) is 14.7 Å². The Morgan fingerprint density at radius 2 is 2.00 bits per heavy atom. The molecule has 2 aromatic carbocycles. The Morgan fingerprint density at radius 1 is 1.20 bits per heavy atom. The molecule has 0 aromatic heterocycles. The summed E-state index contributed by atoms with van der Waals surface area (Å²) >= 11 is 0. The van der Waals surface area contributed by atoms with Crippen LogP contribution >= 0.6 is 0 Å². The van der Waals surface area contributed by atoms with Crippen molar-refractivity contribution in [1.82, 2.24) is 4.90 Å². The highest BCUT2D eigenvalue weighted by molar-refractivity contribution is 5.94. The molecule has 0 unspecified atom stereocenters. The lowest BCUT2D eigenvalue weighted by Gasteiger charge is -2.23. The van der Waals surface area contributed by atoms with E-state index in [1.807, 2.05) is 6.07 Å². The fourth-order valence-corrected chi connectivity index (χ4v) is 2.49. The Bertz CT molecular complexity index is 783. The van der Waals surface area contributed by atoms with Gasteiger partial charge in [-0.05, 0) is 36.4 Å². The summed E-state index contributed by atoms with van der Waals surface area (Å²) in [5, 5.41) is 18.3. The smallest absolute Gasteiger partial charge is 0.254 e. The van der Waals surface area contributed by atoms with E-state index in [0.717, 1.165) is 5.56 Å². The molecule has 0 atom stereocenters. The fraction of sp³-hybridized carbons (Fsp3) is 0.263. The Balaban J connectivity index is 2.32. The number of carbonyl (C=O) groups excluding carboxylic acids is 1. The first kappa shape index (κ1) is 18.3. The Hall–Kier alpha value is -3.04. The summed E-state index contributed by atoms with van der Waals surface area (Å²) in [5.41, 5.74) is 1.57. The van der Waals surface area contributed by atoms with E-state index in [-0.39, 0.29) is 25.6 Å². The molecule has 0 heterocycles. The van der Waals surface area contributed by atoms with Gasteiger partial charge in [-0.1, -0.05) is 6.07 Å². The van der Waals surface area contributed by atoms with Crippen molar-refractivity contribution >= 4 is 5.91 Å². The SMILES string of the molecule is COc1ccc(OC)c(CN(CCO)C(=O)c2cccc(C#N)c2)c1. The zero-order chi connectivity index (χ0) is 18.2. The average molecular weight is 340 g/mol. The molecule has 0 saturated carbocycles. The summed E-state index contributed by atoms with van der Waals surface area (Å²) in [6.07, 6.45) is 0. The molecule has 25 heavy (non-hydrogen) atoms. The monoisotopic (exact) mass is 340 g/mol. The lowest BCUT2D eigenvalue weighted by molar-refractivity contribution is 0.0706. The maximum absolute atomic E-state index is 12.8. The summed E-state index contributed by atoms with van der Waals surface area (Å²) < 4.78 is 10.6. The molecule has 0 saturated heterocycles. The number of hydrogen-bond donors (Lipinski definition) is 1. The van der Waals surface area contributed by atoms with E-state index in [1.54, 1.807) is 50.6 Å². The number of benzene rings is 2. The van der Waals surface area contributed by atoms with Crippen molar-refractivity contribution in [2.45, 2.75) is 6.54 Å². The Morgan fingerprint density at radius 3 is 2.64 bits per heavy atom. The quantitative estimate of drug-likeness (QED) is 0.835. The van der Waals surface area contributed by atoms with Crippen LogP contribution in [0.1, 0.15) is 21.5 Å². The Labute approximate surface area is 146 Å². The average Bonchev–Trinajstić information content (AvgIpc) is 2.67. The molecule has 0 spiro atoms. The molecule has 0 radical (unpaired) electrons. The number of nitriles is 1. The van der Waals surface area contributed by atoms with Gasteiger partial charge in [-0.3, -0.25) is 4.79 Å². The second-order valence-electron chi connectivity index (χ2n) is 5.32. The van der Waals surface area contributed by atoms with Crippen LogP contribution in [0.2, 0.25) is 0 Å². The summed E-state index contributed by atoms with van der Waals surface area (Å²) in [6.45, 7) is 0.239. The van der Waals surface area contributed by atoms with E-state index in [0.29, 0.717) is 22.6 Å². The maximum Gasteiger partial charge on any atom is 0.254 e. The van der Waals surface area contributed by atoms with Crippen LogP contribution in [0.4, 0.5) is 0 Å². The number of aliphatic hydroxyl groups is 1. The molecular formula is C19H20N2O4. The number of aliphatic hydroxyl groups excluding tert-OH is 1. The molecule has 0 fully saturated rings. The second-order valence-corrected chi connectivity index (χ2v) is 5.32. The molecule has 6 heteroatoms. The number of nitrogens with zero attached hydrogens (tertiary/aromatic N) is 2. The minimum atomic E-state index is -0.268. The van der Waals surface area contributed by atoms with Gasteiger partial charge >= 0.3 is 0 Å². The number of amides is 1. The summed E-state index contributed by atoms with van der Waals surface area (Å²) in [6, 6.07) is 13.8. The summed E-state index contributed by atoms with van der Waals surface area (Å²) in [4.78, 5) is 14.3. The molecule has 1 amide bonds. The molecule has 6 nitrogen and oxygen atoms in total. The van der Waals surface area contributed by atoms with Crippen LogP contribution in [0.25, 0.3) is 0 Å².